The average Bonchev–Trinajstić information content (AvgIpc) is 2.60. The lowest BCUT2D eigenvalue weighted by molar-refractivity contribution is 0.0997. The summed E-state index contributed by atoms with van der Waals surface area (Å²) in [4.78, 5) is 15.3. The average molecular weight is 196 g/mol. The lowest BCUT2D eigenvalue weighted by Gasteiger charge is -2.12. The molecule has 1 heterocycles. The van der Waals surface area contributed by atoms with Gasteiger partial charge in [-0.2, -0.15) is 0 Å². The van der Waals surface area contributed by atoms with Crippen molar-refractivity contribution in [1.29, 1.82) is 0 Å². The molecule has 1 aromatic rings. The molecule has 4 nitrogen and oxygen atoms in total. The molecule has 1 N–H and O–H groups in total. The molecule has 1 unspecified atom stereocenters. The minimum absolute atomic E-state index is 0.0648. The second-order valence-corrected chi connectivity index (χ2v) is 3.43. The Morgan fingerprint density at radius 1 is 1.71 bits per heavy atom. The van der Waals surface area contributed by atoms with E-state index in [1.165, 1.54) is 6.92 Å². The van der Waals surface area contributed by atoms with Crippen LogP contribution in [0.2, 0.25) is 0 Å². The van der Waals surface area contributed by atoms with Crippen LogP contribution in [0.3, 0.4) is 0 Å². The first-order valence-corrected chi connectivity index (χ1v) is 4.79. The van der Waals surface area contributed by atoms with Gasteiger partial charge in [-0.1, -0.05) is 6.92 Å². The van der Waals surface area contributed by atoms with Gasteiger partial charge in [-0.05, 0) is 13.3 Å². The van der Waals surface area contributed by atoms with Crippen LogP contribution in [0.4, 0.5) is 0 Å². The third-order valence-corrected chi connectivity index (χ3v) is 2.32. The van der Waals surface area contributed by atoms with E-state index in [9.17, 15) is 4.79 Å². The van der Waals surface area contributed by atoms with E-state index in [0.717, 1.165) is 6.42 Å². The van der Waals surface area contributed by atoms with Crippen molar-refractivity contribution in [1.82, 2.24) is 9.55 Å². The monoisotopic (exact) mass is 196 g/mol. The number of hydrogen-bond donors (Lipinski definition) is 1. The lowest BCUT2D eigenvalue weighted by atomic mass is 10.2. The summed E-state index contributed by atoms with van der Waals surface area (Å²) in [6, 6.07) is 0.238. The van der Waals surface area contributed by atoms with Crippen molar-refractivity contribution in [3.8, 4) is 0 Å². The van der Waals surface area contributed by atoms with Gasteiger partial charge in [-0.3, -0.25) is 4.79 Å². The van der Waals surface area contributed by atoms with E-state index in [1.54, 1.807) is 6.20 Å². The number of Topliss-reactive ketones (excluding diaryl/α,β-unsaturated/α-hetero) is 1. The topological polar surface area (TPSA) is 55.1 Å². The molecule has 0 fully saturated rings. The maximum absolute atomic E-state index is 11.3. The van der Waals surface area contributed by atoms with Crippen LogP contribution in [-0.4, -0.2) is 20.4 Å². The van der Waals surface area contributed by atoms with E-state index in [1.807, 2.05) is 18.4 Å². The standard InChI is InChI=1S/C10H16N2O2/c1-4-7(2)12-5-9(6-13)11-10(12)8(3)14/h5,7,13H,4,6H2,1-3H3. The maximum atomic E-state index is 11.3. The lowest BCUT2D eigenvalue weighted by Crippen LogP contribution is -2.10. The number of carbonyl (C=O) groups excluding carboxylic acids is 1. The van der Waals surface area contributed by atoms with Crippen molar-refractivity contribution in [2.75, 3.05) is 0 Å². The van der Waals surface area contributed by atoms with Gasteiger partial charge in [0.2, 0.25) is 0 Å². The van der Waals surface area contributed by atoms with Gasteiger partial charge in [0.05, 0.1) is 12.3 Å². The van der Waals surface area contributed by atoms with Crippen LogP contribution >= 0.6 is 0 Å². The molecule has 78 valence electrons. The normalized spacial score (nSPS) is 12.9. The predicted molar refractivity (Wildman–Crippen MR) is 53.2 cm³/mol. The van der Waals surface area contributed by atoms with E-state index in [-0.39, 0.29) is 18.4 Å². The summed E-state index contributed by atoms with van der Waals surface area (Å²) in [6.45, 7) is 5.44. The fraction of sp³-hybridized carbons (Fsp3) is 0.600. The summed E-state index contributed by atoms with van der Waals surface area (Å²) >= 11 is 0. The van der Waals surface area contributed by atoms with Gasteiger partial charge < -0.3 is 9.67 Å². The van der Waals surface area contributed by atoms with Crippen LogP contribution in [-0.2, 0) is 6.61 Å². The molecule has 0 bridgehead atoms. The molecule has 0 aliphatic carbocycles. The summed E-state index contributed by atoms with van der Waals surface area (Å²) in [5.41, 5.74) is 0.551. The first-order chi connectivity index (χ1) is 6.60. The number of ketones is 1. The van der Waals surface area contributed by atoms with Crippen molar-refractivity contribution in [2.45, 2.75) is 39.8 Å². The predicted octanol–water partition coefficient (Wildman–Crippen LogP) is 1.55. The zero-order chi connectivity index (χ0) is 10.7. The van der Waals surface area contributed by atoms with E-state index in [4.69, 9.17) is 5.11 Å². The Hall–Kier alpha value is -1.16. The molecular formula is C10H16N2O2. The number of hydrogen-bond acceptors (Lipinski definition) is 3. The maximum Gasteiger partial charge on any atom is 0.195 e. The van der Waals surface area contributed by atoms with Crippen LogP contribution in [0, 0.1) is 0 Å². The smallest absolute Gasteiger partial charge is 0.195 e. The van der Waals surface area contributed by atoms with Gasteiger partial charge in [0.15, 0.2) is 11.6 Å². The highest BCUT2D eigenvalue weighted by molar-refractivity contribution is 5.90. The van der Waals surface area contributed by atoms with Gasteiger partial charge in [-0.25, -0.2) is 4.98 Å². The molecular weight excluding hydrogens is 180 g/mol. The van der Waals surface area contributed by atoms with Crippen molar-refractivity contribution in [3.05, 3.63) is 17.7 Å². The summed E-state index contributed by atoms with van der Waals surface area (Å²) in [6.07, 6.45) is 2.67. The SMILES string of the molecule is CCC(C)n1cc(CO)nc1C(C)=O. The molecule has 0 radical (unpaired) electrons. The zero-order valence-corrected chi connectivity index (χ0v) is 8.82. The Bertz CT molecular complexity index is 331. The van der Waals surface area contributed by atoms with Crippen molar-refractivity contribution in [2.24, 2.45) is 0 Å². The molecule has 0 spiro atoms. The Labute approximate surface area is 83.6 Å². The number of rotatable bonds is 4. The fourth-order valence-electron chi connectivity index (χ4n) is 1.31. The minimum atomic E-state index is -0.121. The fourth-order valence-corrected chi connectivity index (χ4v) is 1.31. The minimum Gasteiger partial charge on any atom is -0.390 e. The zero-order valence-electron chi connectivity index (χ0n) is 8.82. The quantitative estimate of drug-likeness (QED) is 0.743. The van der Waals surface area contributed by atoms with Crippen LogP contribution in [0.1, 0.15) is 49.5 Å². The molecule has 1 aromatic heterocycles. The number of aromatic nitrogens is 2. The van der Waals surface area contributed by atoms with Crippen LogP contribution in [0.25, 0.3) is 0 Å². The number of imidazole rings is 1. The highest BCUT2D eigenvalue weighted by Gasteiger charge is 2.14. The number of nitrogens with zero attached hydrogens (tertiary/aromatic N) is 2. The largest absolute Gasteiger partial charge is 0.390 e. The number of carbonyl (C=O) groups is 1. The van der Waals surface area contributed by atoms with Crippen LogP contribution in [0.15, 0.2) is 6.20 Å². The van der Waals surface area contributed by atoms with Gasteiger partial charge in [0, 0.05) is 19.2 Å². The molecule has 1 atom stereocenters. The van der Waals surface area contributed by atoms with E-state index in [0.29, 0.717) is 11.5 Å². The molecule has 14 heavy (non-hydrogen) atoms. The first kappa shape index (κ1) is 10.9. The summed E-state index contributed by atoms with van der Waals surface area (Å²) in [5, 5.41) is 8.92. The number of aliphatic hydroxyl groups is 1. The number of aliphatic hydroxyl groups excluding tert-OH is 1. The summed E-state index contributed by atoms with van der Waals surface area (Å²) < 4.78 is 1.83. The van der Waals surface area contributed by atoms with Gasteiger partial charge in [0.1, 0.15) is 0 Å². The molecule has 0 saturated carbocycles. The van der Waals surface area contributed by atoms with Gasteiger partial charge in [0.25, 0.3) is 0 Å². The molecule has 1 rings (SSSR count). The third kappa shape index (κ3) is 2.01. The Kier molecular flexibility index (Phi) is 3.41. The Morgan fingerprint density at radius 2 is 2.36 bits per heavy atom. The molecule has 4 heteroatoms. The molecule has 0 aromatic carbocycles. The Balaban J connectivity index is 3.12. The summed E-state index contributed by atoms with van der Waals surface area (Å²) in [7, 11) is 0. The van der Waals surface area contributed by atoms with Crippen LogP contribution < -0.4 is 0 Å². The highest BCUT2D eigenvalue weighted by atomic mass is 16.3. The van der Waals surface area contributed by atoms with E-state index in [2.05, 4.69) is 4.98 Å². The van der Waals surface area contributed by atoms with Gasteiger partial charge >= 0.3 is 0 Å². The third-order valence-electron chi connectivity index (χ3n) is 2.32. The molecule has 0 amide bonds. The van der Waals surface area contributed by atoms with Crippen molar-refractivity contribution >= 4 is 5.78 Å². The van der Waals surface area contributed by atoms with E-state index < -0.39 is 0 Å². The molecule has 0 aliphatic rings. The Morgan fingerprint density at radius 3 is 2.79 bits per heavy atom. The highest BCUT2D eigenvalue weighted by Crippen LogP contribution is 2.15. The first-order valence-electron chi connectivity index (χ1n) is 4.79. The summed E-state index contributed by atoms with van der Waals surface area (Å²) in [5.74, 6) is 0.369. The van der Waals surface area contributed by atoms with Crippen molar-refractivity contribution in [3.63, 3.8) is 0 Å². The second kappa shape index (κ2) is 4.37. The van der Waals surface area contributed by atoms with Gasteiger partial charge in [-0.15, -0.1) is 0 Å². The van der Waals surface area contributed by atoms with E-state index >= 15 is 0 Å². The molecule has 0 aliphatic heterocycles. The van der Waals surface area contributed by atoms with Crippen molar-refractivity contribution < 1.29 is 9.90 Å². The molecule has 0 saturated heterocycles. The second-order valence-electron chi connectivity index (χ2n) is 3.43. The van der Waals surface area contributed by atoms with Crippen LogP contribution in [0.5, 0.6) is 0 Å².